The molecule has 3 aromatic carbocycles. The summed E-state index contributed by atoms with van der Waals surface area (Å²) in [5, 5.41) is 6.00. The summed E-state index contributed by atoms with van der Waals surface area (Å²) >= 11 is 6.22. The first-order chi connectivity index (χ1) is 20.7. The standard InChI is InChI=1S/C28H27ClN5O8P/c1-18-16-34(28(36)31-27(18)35)26-15-23(32-33-30)25(41-26)17-40-43(37,42-24-9-5-4-8-22(24)29)39-13-12-38-21-11-10-19-6-2-3-7-20(19)14-21/h2-11,14,16,23,25-26H,12-13,15,17H2,1H3,(H,31,35,36)/t23-,25+,26+,43?/m0/s1. The molecule has 1 fully saturated rings. The lowest BCUT2D eigenvalue weighted by molar-refractivity contribution is -0.0281. The topological polar surface area (TPSA) is 167 Å². The number of phosphoric acid groups is 1. The van der Waals surface area contributed by atoms with Crippen LogP contribution in [0.25, 0.3) is 21.2 Å². The molecule has 1 saturated heterocycles. The fourth-order valence-corrected chi connectivity index (χ4v) is 5.92. The monoisotopic (exact) mass is 627 g/mol. The summed E-state index contributed by atoms with van der Waals surface area (Å²) in [5.74, 6) is 0.662. The quantitative estimate of drug-likeness (QED) is 0.0664. The Balaban J connectivity index is 1.28. The number of rotatable bonds is 12. The van der Waals surface area contributed by atoms with E-state index in [0.29, 0.717) is 11.3 Å². The van der Waals surface area contributed by atoms with Crippen LogP contribution in [0.4, 0.5) is 0 Å². The number of halogens is 1. The molecule has 4 aromatic rings. The number of aromatic nitrogens is 2. The smallest absolute Gasteiger partial charge is 0.491 e. The van der Waals surface area contributed by atoms with Gasteiger partial charge in [0, 0.05) is 23.1 Å². The molecule has 2 heterocycles. The molecule has 0 aliphatic carbocycles. The van der Waals surface area contributed by atoms with E-state index in [1.165, 1.54) is 16.8 Å². The van der Waals surface area contributed by atoms with Crippen LogP contribution >= 0.6 is 19.4 Å². The van der Waals surface area contributed by atoms with Gasteiger partial charge in [0.1, 0.15) is 24.3 Å². The molecule has 0 spiro atoms. The van der Waals surface area contributed by atoms with E-state index in [9.17, 15) is 14.2 Å². The molecule has 43 heavy (non-hydrogen) atoms. The zero-order valence-electron chi connectivity index (χ0n) is 22.9. The molecule has 0 radical (unpaired) electrons. The van der Waals surface area contributed by atoms with Crippen LogP contribution in [0.5, 0.6) is 11.5 Å². The molecule has 13 nitrogen and oxygen atoms in total. The number of azide groups is 1. The third-order valence-electron chi connectivity index (χ3n) is 6.63. The van der Waals surface area contributed by atoms with E-state index < -0.39 is 37.4 Å². The number of fused-ring (bicyclic) bond motifs is 1. The Kier molecular flexibility index (Phi) is 9.52. The lowest BCUT2D eigenvalue weighted by Gasteiger charge is -2.22. The van der Waals surface area contributed by atoms with Crippen LogP contribution < -0.4 is 20.5 Å². The number of benzene rings is 3. The number of hydrogen-bond donors (Lipinski definition) is 1. The fourth-order valence-electron chi connectivity index (χ4n) is 4.48. The molecule has 0 bridgehead atoms. The highest BCUT2D eigenvalue weighted by Gasteiger charge is 2.39. The predicted octanol–water partition coefficient (Wildman–Crippen LogP) is 5.92. The van der Waals surface area contributed by atoms with Crippen molar-refractivity contribution >= 4 is 30.2 Å². The lowest BCUT2D eigenvalue weighted by atomic mass is 10.1. The minimum atomic E-state index is -4.34. The van der Waals surface area contributed by atoms with Crippen molar-refractivity contribution in [3.63, 3.8) is 0 Å². The third-order valence-corrected chi connectivity index (χ3v) is 8.32. The first-order valence-electron chi connectivity index (χ1n) is 13.2. The molecule has 4 atom stereocenters. The van der Waals surface area contributed by atoms with Crippen LogP contribution in [0, 0.1) is 6.92 Å². The van der Waals surface area contributed by atoms with Gasteiger partial charge >= 0.3 is 13.5 Å². The van der Waals surface area contributed by atoms with Crippen molar-refractivity contribution in [2.45, 2.75) is 31.7 Å². The summed E-state index contributed by atoms with van der Waals surface area (Å²) in [6, 6.07) is 19.0. The van der Waals surface area contributed by atoms with Crippen molar-refractivity contribution in [2.24, 2.45) is 5.11 Å². The molecule has 0 amide bonds. The van der Waals surface area contributed by atoms with E-state index >= 15 is 0 Å². The van der Waals surface area contributed by atoms with E-state index in [1.54, 1.807) is 25.1 Å². The minimum Gasteiger partial charge on any atom is -0.491 e. The molecule has 1 aromatic heterocycles. The van der Waals surface area contributed by atoms with E-state index in [1.807, 2.05) is 42.5 Å². The van der Waals surface area contributed by atoms with E-state index in [4.69, 9.17) is 40.2 Å². The van der Waals surface area contributed by atoms with Gasteiger partial charge in [0.15, 0.2) is 0 Å². The van der Waals surface area contributed by atoms with Gasteiger partial charge in [-0.1, -0.05) is 59.2 Å². The zero-order valence-corrected chi connectivity index (χ0v) is 24.5. The summed E-state index contributed by atoms with van der Waals surface area (Å²) in [7, 11) is -4.34. The minimum absolute atomic E-state index is 0.0232. The van der Waals surface area contributed by atoms with Crippen molar-refractivity contribution < 1.29 is 27.6 Å². The molecule has 224 valence electrons. The van der Waals surface area contributed by atoms with Gasteiger partial charge < -0.3 is 14.0 Å². The number of phosphoric ester groups is 1. The Morgan fingerprint density at radius 2 is 1.86 bits per heavy atom. The molecule has 5 rings (SSSR count). The van der Waals surface area contributed by atoms with Gasteiger partial charge in [-0.2, -0.15) is 0 Å². The average molecular weight is 628 g/mol. The summed E-state index contributed by atoms with van der Waals surface area (Å²) in [6.07, 6.45) is -0.362. The molecule has 1 N–H and O–H groups in total. The maximum Gasteiger partial charge on any atom is 0.530 e. The number of H-pyrrole nitrogens is 1. The fraction of sp³-hybridized carbons (Fsp3) is 0.286. The molecule has 1 aliphatic heterocycles. The van der Waals surface area contributed by atoms with Gasteiger partial charge in [0.25, 0.3) is 5.56 Å². The second-order valence-corrected chi connectivity index (χ2v) is 11.6. The first kappa shape index (κ1) is 30.4. The van der Waals surface area contributed by atoms with Gasteiger partial charge in [-0.25, -0.2) is 9.36 Å². The molecular formula is C28H27ClN5O8P. The second kappa shape index (κ2) is 13.5. The van der Waals surface area contributed by atoms with Crippen LogP contribution in [0.3, 0.4) is 0 Å². The van der Waals surface area contributed by atoms with Crippen molar-refractivity contribution in [1.82, 2.24) is 9.55 Å². The number of para-hydroxylation sites is 1. The van der Waals surface area contributed by atoms with Crippen molar-refractivity contribution in [1.29, 1.82) is 0 Å². The van der Waals surface area contributed by atoms with Gasteiger partial charge in [-0.3, -0.25) is 23.4 Å². The van der Waals surface area contributed by atoms with Crippen LogP contribution in [0.15, 0.2) is 87.6 Å². The Morgan fingerprint density at radius 3 is 2.65 bits per heavy atom. The first-order valence-corrected chi connectivity index (χ1v) is 15.0. The van der Waals surface area contributed by atoms with Gasteiger partial charge in [-0.15, -0.1) is 0 Å². The zero-order chi connectivity index (χ0) is 30.4. The Morgan fingerprint density at radius 1 is 1.09 bits per heavy atom. The lowest BCUT2D eigenvalue weighted by Crippen LogP contribution is -2.33. The second-order valence-electron chi connectivity index (χ2n) is 9.57. The van der Waals surface area contributed by atoms with Crippen LogP contribution in [-0.4, -0.2) is 41.5 Å². The molecule has 1 aliphatic rings. The molecule has 15 heteroatoms. The Bertz CT molecular complexity index is 1820. The van der Waals surface area contributed by atoms with Crippen molar-refractivity contribution in [3.05, 3.63) is 115 Å². The van der Waals surface area contributed by atoms with Crippen molar-refractivity contribution in [3.8, 4) is 11.5 Å². The highest BCUT2D eigenvalue weighted by molar-refractivity contribution is 7.48. The average Bonchev–Trinajstić information content (AvgIpc) is 3.40. The van der Waals surface area contributed by atoms with E-state index in [2.05, 4.69) is 15.0 Å². The van der Waals surface area contributed by atoms with E-state index in [-0.39, 0.29) is 37.0 Å². The summed E-state index contributed by atoms with van der Waals surface area (Å²) in [5.41, 5.74) is 8.18. The molecular weight excluding hydrogens is 601 g/mol. The highest BCUT2D eigenvalue weighted by atomic mass is 35.5. The number of aryl methyl sites for hydroxylation is 1. The summed E-state index contributed by atoms with van der Waals surface area (Å²) in [4.78, 5) is 29.3. The van der Waals surface area contributed by atoms with Gasteiger partial charge in [0.05, 0.1) is 30.4 Å². The largest absolute Gasteiger partial charge is 0.530 e. The van der Waals surface area contributed by atoms with Crippen LogP contribution in [-0.2, 0) is 18.3 Å². The highest BCUT2D eigenvalue weighted by Crippen LogP contribution is 2.51. The summed E-state index contributed by atoms with van der Waals surface area (Å²) < 4.78 is 43.6. The van der Waals surface area contributed by atoms with E-state index in [0.717, 1.165) is 10.8 Å². The SMILES string of the molecule is Cc1cn([C@H]2C[C@H](N=[N+]=[N-])[C@@H](COP(=O)(OCCOc3ccc4ccccc4c3)Oc3ccccc3Cl)O2)c(=O)[nH]c1=O. The maximum atomic E-state index is 13.8. The molecule has 1 unspecified atom stereocenters. The molecule has 0 saturated carbocycles. The van der Waals surface area contributed by atoms with Gasteiger partial charge in [-0.05, 0) is 47.5 Å². The Hall–Kier alpha value is -4.09. The van der Waals surface area contributed by atoms with Crippen LogP contribution in [0.2, 0.25) is 5.02 Å². The number of aromatic amines is 1. The van der Waals surface area contributed by atoms with Crippen molar-refractivity contribution in [2.75, 3.05) is 19.8 Å². The number of nitrogens with zero attached hydrogens (tertiary/aromatic N) is 4. The normalized spacial score (nSPS) is 19.4. The number of hydrogen-bond acceptors (Lipinski definition) is 9. The number of nitrogens with one attached hydrogen (secondary N) is 1. The predicted molar refractivity (Wildman–Crippen MR) is 159 cm³/mol. The number of ether oxygens (including phenoxy) is 2. The summed E-state index contributed by atoms with van der Waals surface area (Å²) in [6.45, 7) is 1.01. The van der Waals surface area contributed by atoms with Crippen LogP contribution in [0.1, 0.15) is 18.2 Å². The van der Waals surface area contributed by atoms with Gasteiger partial charge in [0.2, 0.25) is 0 Å². The third kappa shape index (κ3) is 7.47. The maximum absolute atomic E-state index is 13.8. The Labute approximate surface area is 250 Å².